The topological polar surface area (TPSA) is 123 Å². The predicted octanol–water partition coefficient (Wildman–Crippen LogP) is 0.470. The van der Waals surface area contributed by atoms with E-state index in [1.165, 1.54) is 4.90 Å². The number of hydrogen-bond donors (Lipinski definition) is 1. The van der Waals surface area contributed by atoms with Crippen molar-refractivity contribution in [1.29, 1.82) is 0 Å². The maximum Gasteiger partial charge on any atom is 0.311 e. The van der Waals surface area contributed by atoms with Gasteiger partial charge in [-0.15, -0.1) is 0 Å². The van der Waals surface area contributed by atoms with Crippen molar-refractivity contribution in [2.45, 2.75) is 25.8 Å². The van der Waals surface area contributed by atoms with E-state index in [2.05, 4.69) is 0 Å². The van der Waals surface area contributed by atoms with Gasteiger partial charge in [-0.1, -0.05) is 6.42 Å². The minimum absolute atomic E-state index is 0.0687. The molecule has 9 heteroatoms. The zero-order chi connectivity index (χ0) is 17.5. The van der Waals surface area contributed by atoms with Crippen LogP contribution in [0.15, 0.2) is 23.1 Å². The predicted molar refractivity (Wildman–Crippen MR) is 81.3 cm³/mol. The van der Waals surface area contributed by atoms with Gasteiger partial charge in [0.05, 0.1) is 16.5 Å². The Morgan fingerprint density at radius 3 is 2.79 bits per heavy atom. The summed E-state index contributed by atoms with van der Waals surface area (Å²) in [7, 11) is 0. The smallest absolute Gasteiger partial charge is 0.311 e. The fourth-order valence-electron chi connectivity index (χ4n) is 3.82. The SMILES string of the molecule is O=C(Cn1cc([N+](=O)[O-])ccc1=O)N1C[C@@H]2CCC[C@@]2(C(=O)O)C1. The van der Waals surface area contributed by atoms with Gasteiger partial charge in [0.2, 0.25) is 5.91 Å². The van der Waals surface area contributed by atoms with E-state index in [1.807, 2.05) is 0 Å². The normalized spacial score (nSPS) is 25.5. The highest BCUT2D eigenvalue weighted by atomic mass is 16.6. The summed E-state index contributed by atoms with van der Waals surface area (Å²) in [6.07, 6.45) is 3.19. The van der Waals surface area contributed by atoms with Gasteiger partial charge >= 0.3 is 5.97 Å². The number of aliphatic carboxylic acids is 1. The Bertz CT molecular complexity index is 773. The number of fused-ring (bicyclic) bond motifs is 1. The van der Waals surface area contributed by atoms with Crippen molar-refractivity contribution in [3.05, 3.63) is 38.8 Å². The van der Waals surface area contributed by atoms with Crippen molar-refractivity contribution in [2.75, 3.05) is 13.1 Å². The molecule has 1 aliphatic carbocycles. The number of aromatic nitrogens is 1. The van der Waals surface area contributed by atoms with Crippen LogP contribution in [0.2, 0.25) is 0 Å². The molecule has 1 saturated heterocycles. The largest absolute Gasteiger partial charge is 0.481 e. The fourth-order valence-corrected chi connectivity index (χ4v) is 3.82. The minimum atomic E-state index is -0.886. The Morgan fingerprint density at radius 2 is 2.17 bits per heavy atom. The average Bonchev–Trinajstić information content (AvgIpc) is 3.07. The highest BCUT2D eigenvalue weighted by Crippen LogP contribution is 2.48. The van der Waals surface area contributed by atoms with Crippen LogP contribution in [0, 0.1) is 21.4 Å². The number of nitrogens with zero attached hydrogens (tertiary/aromatic N) is 3. The molecule has 1 N–H and O–H groups in total. The van der Waals surface area contributed by atoms with E-state index in [0.29, 0.717) is 13.0 Å². The number of pyridine rings is 1. The molecule has 2 atom stereocenters. The molecule has 24 heavy (non-hydrogen) atoms. The van der Waals surface area contributed by atoms with E-state index in [0.717, 1.165) is 35.7 Å². The van der Waals surface area contributed by atoms with Crippen molar-refractivity contribution in [2.24, 2.45) is 11.3 Å². The van der Waals surface area contributed by atoms with Crippen molar-refractivity contribution >= 4 is 17.6 Å². The van der Waals surface area contributed by atoms with Crippen molar-refractivity contribution in [3.8, 4) is 0 Å². The van der Waals surface area contributed by atoms with E-state index in [4.69, 9.17) is 0 Å². The first kappa shape index (κ1) is 16.2. The molecule has 1 aromatic rings. The summed E-state index contributed by atoms with van der Waals surface area (Å²) in [5.74, 6) is -1.35. The van der Waals surface area contributed by atoms with Crippen molar-refractivity contribution in [3.63, 3.8) is 0 Å². The van der Waals surface area contributed by atoms with E-state index in [9.17, 15) is 29.6 Å². The molecule has 0 unspecified atom stereocenters. The summed E-state index contributed by atoms with van der Waals surface area (Å²) < 4.78 is 0.988. The molecule has 3 rings (SSSR count). The molecule has 128 valence electrons. The lowest BCUT2D eigenvalue weighted by Gasteiger charge is -2.23. The van der Waals surface area contributed by atoms with Crippen LogP contribution < -0.4 is 5.56 Å². The highest BCUT2D eigenvalue weighted by Gasteiger charge is 2.55. The Hall–Kier alpha value is -2.71. The third kappa shape index (κ3) is 2.55. The van der Waals surface area contributed by atoms with Gasteiger partial charge in [0, 0.05) is 25.2 Å². The Morgan fingerprint density at radius 1 is 1.42 bits per heavy atom. The van der Waals surface area contributed by atoms with Crippen LogP contribution in [0.4, 0.5) is 5.69 Å². The molecule has 0 spiro atoms. The molecule has 0 bridgehead atoms. The molecule has 0 radical (unpaired) electrons. The van der Waals surface area contributed by atoms with Crippen LogP contribution in [0.3, 0.4) is 0 Å². The molecule has 2 heterocycles. The molecule has 2 aliphatic rings. The van der Waals surface area contributed by atoms with Gasteiger partial charge in [-0.3, -0.25) is 29.1 Å². The van der Waals surface area contributed by atoms with Crippen LogP contribution in [-0.4, -0.2) is 44.5 Å². The summed E-state index contributed by atoms with van der Waals surface area (Å²) in [4.78, 5) is 47.5. The molecule has 0 aromatic carbocycles. The van der Waals surface area contributed by atoms with Crippen molar-refractivity contribution in [1.82, 2.24) is 9.47 Å². The van der Waals surface area contributed by atoms with E-state index in [1.54, 1.807) is 0 Å². The quantitative estimate of drug-likeness (QED) is 0.630. The number of carboxylic acid groups (broad SMARTS) is 1. The summed E-state index contributed by atoms with van der Waals surface area (Å²) >= 11 is 0. The monoisotopic (exact) mass is 335 g/mol. The van der Waals surface area contributed by atoms with Crippen molar-refractivity contribution < 1.29 is 19.6 Å². The van der Waals surface area contributed by atoms with Gasteiger partial charge in [0.15, 0.2) is 0 Å². The van der Waals surface area contributed by atoms with Crippen LogP contribution in [-0.2, 0) is 16.1 Å². The van der Waals surface area contributed by atoms with E-state index >= 15 is 0 Å². The summed E-state index contributed by atoms with van der Waals surface area (Å²) in [5, 5.41) is 20.3. The molecular formula is C15H17N3O6. The van der Waals surface area contributed by atoms with Crippen LogP contribution in [0.25, 0.3) is 0 Å². The summed E-state index contributed by atoms with van der Waals surface area (Å²) in [6.45, 7) is 0.160. The van der Waals surface area contributed by atoms with Crippen LogP contribution in [0.5, 0.6) is 0 Å². The van der Waals surface area contributed by atoms with Gasteiger partial charge in [0.1, 0.15) is 6.54 Å². The second kappa shape index (κ2) is 5.73. The Labute approximate surface area is 136 Å². The summed E-state index contributed by atoms with van der Waals surface area (Å²) in [5.41, 5.74) is -1.67. The standard InChI is InChI=1S/C15H17N3O6/c19-12-4-3-11(18(23)24)7-16(12)8-13(20)17-6-10-2-1-5-15(10,9-17)14(21)22/h3-4,7,10H,1-2,5-6,8-9H2,(H,21,22)/t10-,15+/m0/s1. The molecule has 1 amide bonds. The summed E-state index contributed by atoms with van der Waals surface area (Å²) in [6, 6.07) is 2.13. The van der Waals surface area contributed by atoms with Crippen LogP contribution >= 0.6 is 0 Å². The number of nitro groups is 1. The number of likely N-dealkylation sites (tertiary alicyclic amines) is 1. The number of carbonyl (C=O) groups is 2. The molecule has 1 aromatic heterocycles. The van der Waals surface area contributed by atoms with Crippen LogP contribution in [0.1, 0.15) is 19.3 Å². The number of rotatable bonds is 4. The lowest BCUT2D eigenvalue weighted by Crippen LogP contribution is -2.39. The average molecular weight is 335 g/mol. The second-order valence-corrected chi connectivity index (χ2v) is 6.44. The van der Waals surface area contributed by atoms with E-state index in [-0.39, 0.29) is 24.7 Å². The Balaban J connectivity index is 1.77. The molecule has 9 nitrogen and oxygen atoms in total. The zero-order valence-electron chi connectivity index (χ0n) is 12.9. The number of hydrogen-bond acceptors (Lipinski definition) is 5. The fraction of sp³-hybridized carbons (Fsp3) is 0.533. The molecule has 1 aliphatic heterocycles. The minimum Gasteiger partial charge on any atom is -0.481 e. The first-order chi connectivity index (χ1) is 11.3. The number of carboxylic acids is 1. The van der Waals surface area contributed by atoms with Gasteiger partial charge < -0.3 is 10.0 Å². The molecular weight excluding hydrogens is 318 g/mol. The third-order valence-corrected chi connectivity index (χ3v) is 5.13. The third-order valence-electron chi connectivity index (χ3n) is 5.13. The Kier molecular flexibility index (Phi) is 3.86. The van der Waals surface area contributed by atoms with E-state index < -0.39 is 27.8 Å². The zero-order valence-corrected chi connectivity index (χ0v) is 12.9. The molecule has 1 saturated carbocycles. The molecule has 2 fully saturated rings. The lowest BCUT2D eigenvalue weighted by atomic mass is 9.81. The van der Waals surface area contributed by atoms with Gasteiger partial charge in [-0.2, -0.15) is 0 Å². The first-order valence-electron chi connectivity index (χ1n) is 7.69. The van der Waals surface area contributed by atoms with Gasteiger partial charge in [0.25, 0.3) is 11.2 Å². The second-order valence-electron chi connectivity index (χ2n) is 6.44. The number of carbonyl (C=O) groups excluding carboxylic acids is 1. The van der Waals surface area contributed by atoms with Gasteiger partial charge in [-0.25, -0.2) is 0 Å². The highest BCUT2D eigenvalue weighted by molar-refractivity contribution is 5.81. The maximum absolute atomic E-state index is 12.4. The first-order valence-corrected chi connectivity index (χ1v) is 7.69. The van der Waals surface area contributed by atoms with Gasteiger partial charge in [-0.05, 0) is 18.8 Å². The number of amides is 1. The maximum atomic E-state index is 12.4. The lowest BCUT2D eigenvalue weighted by molar-refractivity contribution is -0.385.